The Morgan fingerprint density at radius 2 is 1.85 bits per heavy atom. The van der Waals surface area contributed by atoms with E-state index < -0.39 is 11.2 Å². The Hall–Kier alpha value is -2.09. The van der Waals surface area contributed by atoms with E-state index in [1.807, 2.05) is 20.8 Å². The highest BCUT2D eigenvalue weighted by Crippen LogP contribution is 2.47. The van der Waals surface area contributed by atoms with E-state index in [0.29, 0.717) is 24.3 Å². The van der Waals surface area contributed by atoms with Gasteiger partial charge in [-0.3, -0.25) is 0 Å². The summed E-state index contributed by atoms with van der Waals surface area (Å²) in [7, 11) is 2.97. The lowest BCUT2D eigenvalue weighted by Gasteiger charge is -2.44. The van der Waals surface area contributed by atoms with Crippen molar-refractivity contribution in [3.8, 4) is 11.9 Å². The van der Waals surface area contributed by atoms with Gasteiger partial charge in [-0.25, -0.2) is 9.78 Å². The van der Waals surface area contributed by atoms with Crippen LogP contribution < -0.4 is 9.47 Å². The average Bonchev–Trinajstić information content (AvgIpc) is 2.85. The van der Waals surface area contributed by atoms with Crippen molar-refractivity contribution in [3.63, 3.8) is 0 Å². The molecule has 8 heteroatoms. The number of aliphatic hydroxyl groups is 1. The lowest BCUT2D eigenvalue weighted by atomic mass is 9.81. The number of rotatable bonds is 3. The Labute approximate surface area is 153 Å². The molecule has 2 fully saturated rings. The first-order valence-electron chi connectivity index (χ1n) is 8.86. The van der Waals surface area contributed by atoms with Gasteiger partial charge >= 0.3 is 12.1 Å². The zero-order chi connectivity index (χ0) is 19.1. The molecule has 2 aliphatic heterocycles. The molecule has 2 atom stereocenters. The highest BCUT2D eigenvalue weighted by molar-refractivity contribution is 5.70. The molecule has 0 aromatic carbocycles. The summed E-state index contributed by atoms with van der Waals surface area (Å²) in [5.74, 6) is 0.296. The summed E-state index contributed by atoms with van der Waals surface area (Å²) in [4.78, 5) is 22.7. The molecule has 0 aliphatic carbocycles. The maximum atomic E-state index is 12.6. The molecule has 144 valence electrons. The summed E-state index contributed by atoms with van der Waals surface area (Å²) in [5.41, 5.74) is -1.17. The minimum absolute atomic E-state index is 0.0830. The number of carbonyl (C=O) groups excluding carboxylic acids is 1. The molecular formula is C18H27N3O5. The molecule has 0 saturated carbocycles. The standard InChI is InChI=1S/C18H27N3O5/c1-17(2,3)26-16(22)21-11-6-7-12(21)9-18(23,8-11)13-10-19-15(25-5)20-14(13)24-4/h10-12,23H,6-9H2,1-5H3. The first-order valence-corrected chi connectivity index (χ1v) is 8.86. The number of piperidine rings is 1. The number of carbonyl (C=O) groups is 1. The summed E-state index contributed by atoms with van der Waals surface area (Å²) < 4.78 is 15.9. The van der Waals surface area contributed by atoms with Crippen molar-refractivity contribution in [1.29, 1.82) is 0 Å². The van der Waals surface area contributed by atoms with E-state index in [0.717, 1.165) is 12.8 Å². The largest absolute Gasteiger partial charge is 0.481 e. The number of ether oxygens (including phenoxy) is 3. The number of methoxy groups -OCH3 is 2. The molecule has 2 unspecified atom stereocenters. The zero-order valence-corrected chi connectivity index (χ0v) is 16.0. The fraction of sp³-hybridized carbons (Fsp3) is 0.722. The second kappa shape index (κ2) is 6.57. The molecule has 2 bridgehead atoms. The van der Waals surface area contributed by atoms with Crippen molar-refractivity contribution in [1.82, 2.24) is 14.9 Å². The number of hydrogen-bond donors (Lipinski definition) is 1. The van der Waals surface area contributed by atoms with Gasteiger partial charge in [-0.05, 0) is 33.6 Å². The molecular weight excluding hydrogens is 338 g/mol. The van der Waals surface area contributed by atoms with E-state index in [1.165, 1.54) is 14.2 Å². The van der Waals surface area contributed by atoms with Crippen molar-refractivity contribution in [3.05, 3.63) is 11.8 Å². The van der Waals surface area contributed by atoms with Crippen LogP contribution in [-0.2, 0) is 10.3 Å². The third-order valence-electron chi connectivity index (χ3n) is 4.98. The van der Waals surface area contributed by atoms with Crippen LogP contribution >= 0.6 is 0 Å². The van der Waals surface area contributed by atoms with E-state index >= 15 is 0 Å². The predicted octanol–water partition coefficient (Wildman–Crippen LogP) is 2.24. The van der Waals surface area contributed by atoms with Crippen molar-refractivity contribution in [2.45, 2.75) is 69.7 Å². The normalized spacial score (nSPS) is 28.0. The quantitative estimate of drug-likeness (QED) is 0.878. The summed E-state index contributed by atoms with van der Waals surface area (Å²) >= 11 is 0. The Bertz CT molecular complexity index is 674. The lowest BCUT2D eigenvalue weighted by molar-refractivity contribution is -0.0638. The average molecular weight is 365 g/mol. The molecule has 3 rings (SSSR count). The van der Waals surface area contributed by atoms with Crippen LogP contribution in [0.3, 0.4) is 0 Å². The van der Waals surface area contributed by atoms with E-state index in [2.05, 4.69) is 9.97 Å². The molecule has 1 N–H and O–H groups in total. The fourth-order valence-electron chi connectivity index (χ4n) is 3.98. The highest BCUT2D eigenvalue weighted by Gasteiger charge is 2.52. The maximum Gasteiger partial charge on any atom is 0.410 e. The van der Waals surface area contributed by atoms with Crippen LogP contribution in [0, 0.1) is 0 Å². The van der Waals surface area contributed by atoms with Crippen molar-refractivity contribution in [2.24, 2.45) is 0 Å². The molecule has 1 aromatic heterocycles. The van der Waals surface area contributed by atoms with Crippen molar-refractivity contribution >= 4 is 6.09 Å². The van der Waals surface area contributed by atoms with Gasteiger partial charge in [0.05, 0.1) is 19.8 Å². The monoisotopic (exact) mass is 365 g/mol. The van der Waals surface area contributed by atoms with Gasteiger partial charge in [0.25, 0.3) is 0 Å². The smallest absolute Gasteiger partial charge is 0.410 e. The van der Waals surface area contributed by atoms with Gasteiger partial charge in [0.2, 0.25) is 5.88 Å². The number of fused-ring (bicyclic) bond motifs is 2. The number of nitrogens with zero attached hydrogens (tertiary/aromatic N) is 3. The van der Waals surface area contributed by atoms with Crippen LogP contribution in [0.15, 0.2) is 6.20 Å². The van der Waals surface area contributed by atoms with Gasteiger partial charge in [0.15, 0.2) is 0 Å². The maximum absolute atomic E-state index is 12.6. The van der Waals surface area contributed by atoms with Gasteiger partial charge < -0.3 is 24.2 Å². The van der Waals surface area contributed by atoms with E-state index in [4.69, 9.17) is 14.2 Å². The Balaban J connectivity index is 1.85. The van der Waals surface area contributed by atoms with Gasteiger partial charge in [0.1, 0.15) is 11.2 Å². The van der Waals surface area contributed by atoms with Crippen LogP contribution in [0.5, 0.6) is 11.9 Å². The molecule has 1 aromatic rings. The fourth-order valence-corrected chi connectivity index (χ4v) is 3.98. The predicted molar refractivity (Wildman–Crippen MR) is 93.1 cm³/mol. The molecule has 2 aliphatic rings. The molecule has 0 radical (unpaired) electrons. The summed E-state index contributed by atoms with van der Waals surface area (Å²) in [6.07, 6.45) is 3.71. The summed E-state index contributed by atoms with van der Waals surface area (Å²) in [5, 5.41) is 11.4. The Kier molecular flexibility index (Phi) is 4.72. The van der Waals surface area contributed by atoms with Gasteiger partial charge in [-0.15, -0.1) is 0 Å². The molecule has 0 spiro atoms. The summed E-state index contributed by atoms with van der Waals surface area (Å²) in [6.45, 7) is 5.56. The van der Waals surface area contributed by atoms with Crippen LogP contribution in [0.4, 0.5) is 4.79 Å². The SMILES string of the molecule is COc1ncc(C2(O)CC3CCC(C2)N3C(=O)OC(C)(C)C)c(OC)n1. The van der Waals surface area contributed by atoms with Gasteiger partial charge in [-0.1, -0.05) is 0 Å². The molecule has 8 nitrogen and oxygen atoms in total. The van der Waals surface area contributed by atoms with Crippen LogP contribution in [0.25, 0.3) is 0 Å². The summed E-state index contributed by atoms with van der Waals surface area (Å²) in [6, 6.07) is 0.0178. The topological polar surface area (TPSA) is 94.0 Å². The number of hydrogen-bond acceptors (Lipinski definition) is 7. The first kappa shape index (κ1) is 18.7. The zero-order valence-electron chi connectivity index (χ0n) is 16.0. The van der Waals surface area contributed by atoms with Gasteiger partial charge in [-0.2, -0.15) is 4.98 Å². The minimum Gasteiger partial charge on any atom is -0.481 e. The number of aromatic nitrogens is 2. The highest BCUT2D eigenvalue weighted by atomic mass is 16.6. The molecule has 2 saturated heterocycles. The molecule has 26 heavy (non-hydrogen) atoms. The lowest BCUT2D eigenvalue weighted by Crippen LogP contribution is -2.53. The van der Waals surface area contributed by atoms with Crippen LogP contribution in [0.1, 0.15) is 52.0 Å². The second-order valence-corrected chi connectivity index (χ2v) is 7.99. The van der Waals surface area contributed by atoms with Crippen molar-refractivity contribution in [2.75, 3.05) is 14.2 Å². The molecule has 3 heterocycles. The first-order chi connectivity index (χ1) is 12.2. The second-order valence-electron chi connectivity index (χ2n) is 7.99. The third kappa shape index (κ3) is 3.42. The third-order valence-corrected chi connectivity index (χ3v) is 4.98. The number of amides is 1. The van der Waals surface area contributed by atoms with Gasteiger partial charge in [0, 0.05) is 31.1 Å². The van der Waals surface area contributed by atoms with Crippen LogP contribution in [-0.4, -0.2) is 58.0 Å². The van der Waals surface area contributed by atoms with Crippen molar-refractivity contribution < 1.29 is 24.1 Å². The Morgan fingerprint density at radius 3 is 2.35 bits per heavy atom. The minimum atomic E-state index is -1.15. The van der Waals surface area contributed by atoms with E-state index in [1.54, 1.807) is 11.1 Å². The van der Waals surface area contributed by atoms with E-state index in [9.17, 15) is 9.90 Å². The van der Waals surface area contributed by atoms with E-state index in [-0.39, 0.29) is 24.2 Å². The molecule has 1 amide bonds. The Morgan fingerprint density at radius 1 is 1.23 bits per heavy atom. The van der Waals surface area contributed by atoms with Crippen LogP contribution in [0.2, 0.25) is 0 Å².